The number of carbonyl (C=O) groups is 2. The van der Waals surface area contributed by atoms with E-state index >= 15 is 0 Å². The fraction of sp³-hybridized carbons (Fsp3) is 0.261. The molecule has 0 aliphatic heterocycles. The van der Waals surface area contributed by atoms with E-state index < -0.39 is 0 Å². The van der Waals surface area contributed by atoms with Crippen LogP contribution in [0.1, 0.15) is 37.4 Å². The lowest BCUT2D eigenvalue weighted by Crippen LogP contribution is -2.19. The van der Waals surface area contributed by atoms with Crippen LogP contribution in [0.15, 0.2) is 53.9 Å². The average molecular weight is 439 g/mol. The van der Waals surface area contributed by atoms with E-state index in [0.717, 1.165) is 16.9 Å². The molecule has 0 bridgehead atoms. The monoisotopic (exact) mass is 438 g/mol. The normalized spacial score (nSPS) is 10.6. The first-order chi connectivity index (χ1) is 14.9. The molecule has 0 unspecified atom stereocenters. The molecule has 7 nitrogen and oxygen atoms in total. The number of amides is 3. The first-order valence-electron chi connectivity index (χ1n) is 10.00. The highest BCUT2D eigenvalue weighted by Crippen LogP contribution is 2.24. The highest BCUT2D eigenvalue weighted by molar-refractivity contribution is 7.13. The van der Waals surface area contributed by atoms with Crippen LogP contribution in [0.5, 0.6) is 5.75 Å². The Morgan fingerprint density at radius 3 is 2.48 bits per heavy atom. The van der Waals surface area contributed by atoms with Crippen molar-refractivity contribution in [2.24, 2.45) is 0 Å². The lowest BCUT2D eigenvalue weighted by molar-refractivity contribution is -0.116. The van der Waals surface area contributed by atoms with Gasteiger partial charge in [-0.05, 0) is 48.2 Å². The number of aromatic nitrogens is 1. The van der Waals surface area contributed by atoms with Crippen LogP contribution in [0, 0.1) is 0 Å². The Labute approximate surface area is 185 Å². The molecule has 3 amide bonds. The van der Waals surface area contributed by atoms with Crippen LogP contribution in [-0.2, 0) is 11.2 Å². The van der Waals surface area contributed by atoms with E-state index in [1.165, 1.54) is 11.3 Å². The van der Waals surface area contributed by atoms with E-state index in [1.807, 2.05) is 29.6 Å². The fourth-order valence-corrected chi connectivity index (χ4v) is 3.72. The van der Waals surface area contributed by atoms with Crippen LogP contribution in [0.4, 0.5) is 21.3 Å². The minimum absolute atomic E-state index is 0.0622. The molecule has 0 aliphatic rings. The zero-order valence-corrected chi connectivity index (χ0v) is 18.6. The van der Waals surface area contributed by atoms with Crippen LogP contribution >= 0.6 is 11.3 Å². The van der Waals surface area contributed by atoms with Gasteiger partial charge < -0.3 is 15.4 Å². The largest absolute Gasteiger partial charge is 0.497 e. The van der Waals surface area contributed by atoms with Gasteiger partial charge in [0.2, 0.25) is 5.91 Å². The highest BCUT2D eigenvalue weighted by atomic mass is 32.1. The van der Waals surface area contributed by atoms with E-state index in [0.29, 0.717) is 35.3 Å². The molecule has 31 heavy (non-hydrogen) atoms. The zero-order chi connectivity index (χ0) is 22.2. The zero-order valence-electron chi connectivity index (χ0n) is 17.8. The fourth-order valence-electron chi connectivity index (χ4n) is 2.98. The minimum Gasteiger partial charge on any atom is -0.497 e. The number of para-hydroxylation sites is 1. The first-order valence-corrected chi connectivity index (χ1v) is 10.9. The molecule has 2 aromatic carbocycles. The predicted octanol–water partition coefficient (Wildman–Crippen LogP) is 5.49. The van der Waals surface area contributed by atoms with Gasteiger partial charge in [-0.2, -0.15) is 0 Å². The van der Waals surface area contributed by atoms with Gasteiger partial charge in [0.05, 0.1) is 12.8 Å². The van der Waals surface area contributed by atoms with Crippen molar-refractivity contribution in [3.63, 3.8) is 0 Å². The van der Waals surface area contributed by atoms with Crippen LogP contribution in [0.3, 0.4) is 0 Å². The second kappa shape index (κ2) is 10.6. The molecule has 8 heteroatoms. The molecule has 0 fully saturated rings. The number of nitrogens with one attached hydrogen (secondary N) is 3. The Hall–Kier alpha value is -3.39. The van der Waals surface area contributed by atoms with Crippen molar-refractivity contribution in [1.82, 2.24) is 4.98 Å². The summed E-state index contributed by atoms with van der Waals surface area (Å²) in [5.74, 6) is 0.979. The number of aryl methyl sites for hydroxylation is 1. The molecule has 162 valence electrons. The number of thiazole rings is 1. The number of anilines is 3. The molecule has 3 N–H and O–H groups in total. The Balaban J connectivity index is 1.48. The summed E-state index contributed by atoms with van der Waals surface area (Å²) < 4.78 is 5.10. The summed E-state index contributed by atoms with van der Waals surface area (Å²) in [6, 6.07) is 14.5. The van der Waals surface area contributed by atoms with Gasteiger partial charge in [0.25, 0.3) is 0 Å². The van der Waals surface area contributed by atoms with Crippen molar-refractivity contribution in [2.75, 3.05) is 23.1 Å². The van der Waals surface area contributed by atoms with Gasteiger partial charge in [-0.15, -0.1) is 11.3 Å². The third kappa shape index (κ3) is 6.55. The van der Waals surface area contributed by atoms with Crippen LogP contribution in [0.2, 0.25) is 0 Å². The molecule has 0 saturated carbocycles. The summed E-state index contributed by atoms with van der Waals surface area (Å²) in [6.45, 7) is 4.19. The number of nitrogens with zero attached hydrogens (tertiary/aromatic N) is 1. The second-order valence-electron chi connectivity index (χ2n) is 7.24. The molecule has 0 radical (unpaired) electrons. The number of methoxy groups -OCH3 is 1. The van der Waals surface area contributed by atoms with Gasteiger partial charge in [0, 0.05) is 23.2 Å². The Morgan fingerprint density at radius 1 is 1.03 bits per heavy atom. The van der Waals surface area contributed by atoms with Crippen LogP contribution in [-0.4, -0.2) is 24.0 Å². The lowest BCUT2D eigenvalue weighted by Gasteiger charge is -2.13. The van der Waals surface area contributed by atoms with Crippen molar-refractivity contribution in [2.45, 2.75) is 32.6 Å². The molecule has 3 rings (SSSR count). The number of ether oxygens (including phenoxy) is 1. The third-order valence-electron chi connectivity index (χ3n) is 4.59. The van der Waals surface area contributed by atoms with E-state index in [1.54, 1.807) is 31.4 Å². The molecule has 3 aromatic rings. The number of hydrogen-bond donors (Lipinski definition) is 3. The molecular weight excluding hydrogens is 412 g/mol. The Bertz CT molecular complexity index is 1030. The van der Waals surface area contributed by atoms with Crippen molar-refractivity contribution < 1.29 is 14.3 Å². The third-order valence-corrected chi connectivity index (χ3v) is 5.39. The summed E-state index contributed by atoms with van der Waals surface area (Å²) in [5.41, 5.74) is 3.36. The van der Waals surface area contributed by atoms with Crippen molar-refractivity contribution >= 4 is 39.8 Å². The second-order valence-corrected chi connectivity index (χ2v) is 8.10. The summed E-state index contributed by atoms with van der Waals surface area (Å²) in [7, 11) is 1.59. The Morgan fingerprint density at radius 2 is 1.77 bits per heavy atom. The van der Waals surface area contributed by atoms with E-state index in [9.17, 15) is 9.59 Å². The van der Waals surface area contributed by atoms with E-state index in [-0.39, 0.29) is 11.9 Å². The summed E-state index contributed by atoms with van der Waals surface area (Å²) in [5, 5.41) is 10.8. The summed E-state index contributed by atoms with van der Waals surface area (Å²) >= 11 is 1.32. The standard InChI is InChI=1S/C23H26N4O3S/c1-15(2)19-6-4-5-7-20(19)26-21(28)13-10-17-14-31-23(25-17)27-22(29)24-16-8-11-18(30-3)12-9-16/h4-9,11-12,14-15H,10,13H2,1-3H3,(H,26,28)(H2,24,25,27,29). The topological polar surface area (TPSA) is 92.3 Å². The van der Waals surface area contributed by atoms with E-state index in [2.05, 4.69) is 34.8 Å². The van der Waals surface area contributed by atoms with Gasteiger partial charge >= 0.3 is 6.03 Å². The number of hydrogen-bond acceptors (Lipinski definition) is 5. The molecular formula is C23H26N4O3S. The molecule has 0 spiro atoms. The van der Waals surface area contributed by atoms with Crippen molar-refractivity contribution in [3.05, 3.63) is 65.2 Å². The van der Waals surface area contributed by atoms with Gasteiger partial charge in [-0.3, -0.25) is 10.1 Å². The number of urea groups is 1. The number of carbonyl (C=O) groups excluding carboxylic acids is 2. The Kier molecular flexibility index (Phi) is 7.61. The number of benzene rings is 2. The molecule has 1 heterocycles. The molecule has 0 atom stereocenters. The van der Waals surface area contributed by atoms with Crippen LogP contribution in [0.25, 0.3) is 0 Å². The quantitative estimate of drug-likeness (QED) is 0.434. The maximum Gasteiger partial charge on any atom is 0.325 e. The smallest absolute Gasteiger partial charge is 0.325 e. The predicted molar refractivity (Wildman–Crippen MR) is 125 cm³/mol. The molecule has 1 aromatic heterocycles. The van der Waals surface area contributed by atoms with Crippen molar-refractivity contribution in [3.8, 4) is 5.75 Å². The SMILES string of the molecule is COc1ccc(NC(=O)Nc2nc(CCC(=O)Nc3ccccc3C(C)C)cs2)cc1. The van der Waals surface area contributed by atoms with E-state index in [4.69, 9.17) is 4.74 Å². The lowest BCUT2D eigenvalue weighted by atomic mass is 10.0. The first kappa shape index (κ1) is 22.3. The average Bonchev–Trinajstić information content (AvgIpc) is 3.20. The summed E-state index contributed by atoms with van der Waals surface area (Å²) in [6.07, 6.45) is 0.807. The van der Waals surface area contributed by atoms with Gasteiger partial charge in [-0.25, -0.2) is 9.78 Å². The van der Waals surface area contributed by atoms with Gasteiger partial charge in [0.1, 0.15) is 5.75 Å². The maximum absolute atomic E-state index is 12.4. The highest BCUT2D eigenvalue weighted by Gasteiger charge is 2.11. The van der Waals surface area contributed by atoms with Gasteiger partial charge in [-0.1, -0.05) is 32.0 Å². The minimum atomic E-state index is -0.380. The van der Waals surface area contributed by atoms with Crippen LogP contribution < -0.4 is 20.7 Å². The molecule has 0 saturated heterocycles. The maximum atomic E-state index is 12.4. The van der Waals surface area contributed by atoms with Gasteiger partial charge in [0.15, 0.2) is 5.13 Å². The number of rotatable bonds is 8. The summed E-state index contributed by atoms with van der Waals surface area (Å²) in [4.78, 5) is 28.9. The van der Waals surface area contributed by atoms with Crippen molar-refractivity contribution in [1.29, 1.82) is 0 Å². The molecule has 0 aliphatic carbocycles.